The summed E-state index contributed by atoms with van der Waals surface area (Å²) in [6.07, 6.45) is 8.36. The lowest BCUT2D eigenvalue weighted by molar-refractivity contribution is 0.0730. The minimum Gasteiger partial charge on any atom is -0.378 e. The van der Waals surface area contributed by atoms with Crippen molar-refractivity contribution in [3.63, 3.8) is 0 Å². The van der Waals surface area contributed by atoms with Gasteiger partial charge in [-0.2, -0.15) is 9.97 Å². The Morgan fingerprint density at radius 2 is 1.83 bits per heavy atom. The Hall–Kier alpha value is -3.31. The van der Waals surface area contributed by atoms with Gasteiger partial charge in [-0.05, 0) is 25.0 Å². The number of ether oxygens (including phenoxy) is 1. The van der Waals surface area contributed by atoms with E-state index in [9.17, 15) is 4.79 Å². The van der Waals surface area contributed by atoms with Gasteiger partial charge in [0.1, 0.15) is 5.69 Å². The minimum atomic E-state index is -0.0348. The largest absolute Gasteiger partial charge is 0.378 e. The summed E-state index contributed by atoms with van der Waals surface area (Å²) in [7, 11) is 0. The number of carbonyl (C=O) groups excluding carboxylic acids is 1. The lowest BCUT2D eigenvalue weighted by Gasteiger charge is -2.27. The molecular weight excluding hydrogens is 446 g/mol. The third-order valence-electron chi connectivity index (χ3n) is 7.07. The van der Waals surface area contributed by atoms with Gasteiger partial charge in [0.25, 0.3) is 5.91 Å². The average molecular weight is 478 g/mol. The average Bonchev–Trinajstić information content (AvgIpc) is 3.60. The molecule has 0 radical (unpaired) electrons. The third-order valence-corrected chi connectivity index (χ3v) is 7.07. The van der Waals surface area contributed by atoms with Crippen molar-refractivity contribution >= 4 is 34.5 Å². The number of rotatable bonds is 5. The molecule has 2 aliphatic heterocycles. The van der Waals surface area contributed by atoms with Gasteiger partial charge in [0.15, 0.2) is 17.0 Å². The van der Waals surface area contributed by atoms with Gasteiger partial charge in [0, 0.05) is 45.3 Å². The van der Waals surface area contributed by atoms with Crippen LogP contribution in [0.4, 0.5) is 17.5 Å². The molecule has 0 spiro atoms. The second-order valence-electron chi connectivity index (χ2n) is 9.33. The molecule has 2 N–H and O–H groups in total. The highest BCUT2D eigenvalue weighted by Gasteiger charge is 2.24. The standard InChI is InChI=1S/C24H31N9O2/c34-23(31-9-7-25-8-10-31)19-6-5-17(15-26-19)28-21-20-22(33(16-27-20)18-3-1-2-4-18)30-24(29-21)32-11-13-35-14-12-32/h5-6,15-16,18,25H,1-4,7-14H2,(H,28,29,30). The van der Waals surface area contributed by atoms with Crippen LogP contribution in [0.15, 0.2) is 24.7 Å². The fourth-order valence-electron chi connectivity index (χ4n) is 5.11. The van der Waals surface area contributed by atoms with E-state index in [0.717, 1.165) is 55.9 Å². The molecule has 35 heavy (non-hydrogen) atoms. The molecule has 0 unspecified atom stereocenters. The fourth-order valence-corrected chi connectivity index (χ4v) is 5.11. The van der Waals surface area contributed by atoms with E-state index < -0.39 is 0 Å². The van der Waals surface area contributed by atoms with Gasteiger partial charge in [-0.1, -0.05) is 12.8 Å². The predicted octanol–water partition coefficient (Wildman–Crippen LogP) is 1.96. The number of imidazole rings is 1. The van der Waals surface area contributed by atoms with E-state index in [1.54, 1.807) is 12.3 Å². The summed E-state index contributed by atoms with van der Waals surface area (Å²) in [6, 6.07) is 4.07. The Morgan fingerprint density at radius 3 is 2.57 bits per heavy atom. The lowest BCUT2D eigenvalue weighted by atomic mass is 10.2. The Morgan fingerprint density at radius 1 is 1.03 bits per heavy atom. The number of carbonyl (C=O) groups is 1. The van der Waals surface area contributed by atoms with E-state index in [1.807, 2.05) is 17.3 Å². The van der Waals surface area contributed by atoms with Crippen molar-refractivity contribution in [2.24, 2.45) is 0 Å². The number of hydrogen-bond donors (Lipinski definition) is 2. The molecule has 11 nitrogen and oxygen atoms in total. The molecule has 1 saturated carbocycles. The molecule has 5 heterocycles. The van der Waals surface area contributed by atoms with Crippen molar-refractivity contribution in [1.29, 1.82) is 0 Å². The van der Waals surface area contributed by atoms with Crippen molar-refractivity contribution in [3.05, 3.63) is 30.4 Å². The van der Waals surface area contributed by atoms with Gasteiger partial charge in [0.05, 0.1) is 31.4 Å². The van der Waals surface area contributed by atoms with Gasteiger partial charge < -0.3 is 29.7 Å². The quantitative estimate of drug-likeness (QED) is 0.569. The maximum atomic E-state index is 12.8. The number of nitrogens with one attached hydrogen (secondary N) is 2. The Balaban J connectivity index is 1.30. The van der Waals surface area contributed by atoms with Gasteiger partial charge in [0.2, 0.25) is 5.95 Å². The fraction of sp³-hybridized carbons (Fsp3) is 0.542. The topological polar surface area (TPSA) is 113 Å². The molecule has 184 valence electrons. The molecular formula is C24H31N9O2. The van der Waals surface area contributed by atoms with Crippen LogP contribution in [0.2, 0.25) is 0 Å². The van der Waals surface area contributed by atoms with Gasteiger partial charge >= 0.3 is 0 Å². The number of morpholine rings is 1. The number of hydrogen-bond acceptors (Lipinski definition) is 9. The highest BCUT2D eigenvalue weighted by molar-refractivity contribution is 5.93. The summed E-state index contributed by atoms with van der Waals surface area (Å²) >= 11 is 0. The molecule has 3 aliphatic rings. The number of anilines is 3. The smallest absolute Gasteiger partial charge is 0.272 e. The molecule has 0 aromatic carbocycles. The van der Waals surface area contributed by atoms with E-state index in [-0.39, 0.29) is 5.91 Å². The van der Waals surface area contributed by atoms with Crippen molar-refractivity contribution < 1.29 is 9.53 Å². The number of amides is 1. The Labute approximate surface area is 203 Å². The molecule has 3 fully saturated rings. The van der Waals surface area contributed by atoms with E-state index >= 15 is 0 Å². The summed E-state index contributed by atoms with van der Waals surface area (Å²) in [5.41, 5.74) is 2.80. The van der Waals surface area contributed by atoms with Crippen LogP contribution in [0, 0.1) is 0 Å². The minimum absolute atomic E-state index is 0.0348. The van der Waals surface area contributed by atoms with E-state index in [2.05, 4.69) is 25.1 Å². The van der Waals surface area contributed by atoms with Gasteiger partial charge in [-0.15, -0.1) is 0 Å². The van der Waals surface area contributed by atoms with Gasteiger partial charge in [-0.25, -0.2) is 9.97 Å². The first-order valence-electron chi connectivity index (χ1n) is 12.6. The van der Waals surface area contributed by atoms with E-state index in [4.69, 9.17) is 19.7 Å². The van der Waals surface area contributed by atoms with Crippen molar-refractivity contribution in [3.8, 4) is 0 Å². The predicted molar refractivity (Wildman–Crippen MR) is 132 cm³/mol. The monoisotopic (exact) mass is 477 g/mol. The summed E-state index contributed by atoms with van der Waals surface area (Å²) in [6.45, 7) is 5.87. The van der Waals surface area contributed by atoms with E-state index in [1.165, 1.54) is 12.8 Å². The number of aromatic nitrogens is 5. The maximum absolute atomic E-state index is 12.8. The molecule has 1 amide bonds. The summed E-state index contributed by atoms with van der Waals surface area (Å²) in [4.78, 5) is 35.7. The lowest BCUT2D eigenvalue weighted by Crippen LogP contribution is -2.46. The number of nitrogens with zero attached hydrogens (tertiary/aromatic N) is 7. The normalized spacial score (nSPS) is 19.4. The first kappa shape index (κ1) is 22.2. The highest BCUT2D eigenvalue weighted by Crippen LogP contribution is 2.34. The molecule has 0 atom stereocenters. The van der Waals surface area contributed by atoms with Crippen LogP contribution < -0.4 is 15.5 Å². The van der Waals surface area contributed by atoms with Crippen molar-refractivity contribution in [2.75, 3.05) is 62.7 Å². The first-order valence-corrected chi connectivity index (χ1v) is 12.6. The summed E-state index contributed by atoms with van der Waals surface area (Å²) in [5.74, 6) is 1.30. The highest BCUT2D eigenvalue weighted by atomic mass is 16.5. The molecule has 3 aromatic heterocycles. The van der Waals surface area contributed by atoms with Crippen LogP contribution in [0.25, 0.3) is 11.2 Å². The SMILES string of the molecule is O=C(c1ccc(Nc2nc(N3CCOCC3)nc3c2ncn3C2CCCC2)cn1)N1CCNCC1. The summed E-state index contributed by atoms with van der Waals surface area (Å²) in [5, 5.41) is 6.66. The van der Waals surface area contributed by atoms with Crippen molar-refractivity contribution in [1.82, 2.24) is 34.7 Å². The number of fused-ring (bicyclic) bond motifs is 1. The van der Waals surface area contributed by atoms with E-state index in [0.29, 0.717) is 49.8 Å². The molecule has 1 aliphatic carbocycles. The zero-order valence-electron chi connectivity index (χ0n) is 19.8. The molecule has 3 aromatic rings. The summed E-state index contributed by atoms with van der Waals surface area (Å²) < 4.78 is 7.74. The Bertz CT molecular complexity index is 1180. The van der Waals surface area contributed by atoms with Crippen molar-refractivity contribution in [2.45, 2.75) is 31.7 Å². The first-order chi connectivity index (χ1) is 17.3. The van der Waals surface area contributed by atoms with Crippen LogP contribution in [0.5, 0.6) is 0 Å². The zero-order chi connectivity index (χ0) is 23.6. The van der Waals surface area contributed by atoms with Gasteiger partial charge in [-0.3, -0.25) is 4.79 Å². The third kappa shape index (κ3) is 4.53. The zero-order valence-corrected chi connectivity index (χ0v) is 19.8. The van der Waals surface area contributed by atoms with Crippen LogP contribution in [-0.2, 0) is 4.74 Å². The van der Waals surface area contributed by atoms with Crippen LogP contribution >= 0.6 is 0 Å². The van der Waals surface area contributed by atoms with Crippen LogP contribution in [-0.4, -0.2) is 87.8 Å². The molecule has 0 bridgehead atoms. The Kier molecular flexibility index (Phi) is 6.17. The van der Waals surface area contributed by atoms with Crippen LogP contribution in [0.3, 0.4) is 0 Å². The van der Waals surface area contributed by atoms with Crippen LogP contribution in [0.1, 0.15) is 42.2 Å². The second kappa shape index (κ2) is 9.74. The molecule has 6 rings (SSSR count). The number of pyridine rings is 1. The maximum Gasteiger partial charge on any atom is 0.272 e. The second-order valence-corrected chi connectivity index (χ2v) is 9.33. The molecule has 2 saturated heterocycles. The molecule has 11 heteroatoms. The number of piperazine rings is 1.